The van der Waals surface area contributed by atoms with Crippen LogP contribution in [0.25, 0.3) is 0 Å². The van der Waals surface area contributed by atoms with E-state index in [-0.39, 0.29) is 42.3 Å². The minimum atomic E-state index is -0.316. The second kappa shape index (κ2) is 5.54. The zero-order valence-corrected chi connectivity index (χ0v) is 13.1. The summed E-state index contributed by atoms with van der Waals surface area (Å²) >= 11 is 0. The van der Waals surface area contributed by atoms with Gasteiger partial charge in [0.25, 0.3) is 0 Å². The molecule has 2 fully saturated rings. The van der Waals surface area contributed by atoms with Gasteiger partial charge in [-0.05, 0) is 31.8 Å². The Kier molecular flexibility index (Phi) is 3.85. The standard InChI is InChI=1S/C17H22O5/c1-10-13-8-15-17(3,22-15)6-4-5-12(9-20-11(2)18)7-14(13)21-16(10)19/h5,13-15H,1,4,6-9H2,2-3H3/b12-5+/t13-,14+,15+,17-/m1/s1. The molecule has 0 aromatic rings. The van der Waals surface area contributed by atoms with Crippen LogP contribution in [0.15, 0.2) is 23.8 Å². The molecule has 2 heterocycles. The molecule has 2 aliphatic heterocycles. The second-order valence-corrected chi connectivity index (χ2v) is 6.62. The molecular weight excluding hydrogens is 284 g/mol. The summed E-state index contributed by atoms with van der Waals surface area (Å²) in [6.07, 6.45) is 5.20. The van der Waals surface area contributed by atoms with Crippen LogP contribution < -0.4 is 0 Å². The Labute approximate surface area is 130 Å². The lowest BCUT2D eigenvalue weighted by Gasteiger charge is -2.20. The number of esters is 2. The van der Waals surface area contributed by atoms with Crippen molar-refractivity contribution in [2.75, 3.05) is 6.61 Å². The van der Waals surface area contributed by atoms with Gasteiger partial charge in [0, 0.05) is 24.8 Å². The first-order valence-corrected chi connectivity index (χ1v) is 7.78. The zero-order chi connectivity index (χ0) is 15.9. The quantitative estimate of drug-likeness (QED) is 0.339. The zero-order valence-electron chi connectivity index (χ0n) is 13.1. The third-order valence-corrected chi connectivity index (χ3v) is 4.92. The number of ether oxygens (including phenoxy) is 3. The van der Waals surface area contributed by atoms with Crippen LogP contribution in [0.4, 0.5) is 0 Å². The van der Waals surface area contributed by atoms with E-state index in [1.165, 1.54) is 6.92 Å². The van der Waals surface area contributed by atoms with E-state index < -0.39 is 0 Å². The van der Waals surface area contributed by atoms with Crippen molar-refractivity contribution in [1.82, 2.24) is 0 Å². The number of fused-ring (bicyclic) bond motifs is 2. The summed E-state index contributed by atoms with van der Waals surface area (Å²) in [6.45, 7) is 7.64. The summed E-state index contributed by atoms with van der Waals surface area (Å²) in [5, 5.41) is 0. The van der Waals surface area contributed by atoms with Gasteiger partial charge in [0.1, 0.15) is 12.7 Å². The lowest BCUT2D eigenvalue weighted by atomic mass is 9.84. The predicted octanol–water partition coefficient (Wildman–Crippen LogP) is 2.31. The van der Waals surface area contributed by atoms with Crippen molar-refractivity contribution in [2.24, 2.45) is 5.92 Å². The van der Waals surface area contributed by atoms with Gasteiger partial charge in [-0.15, -0.1) is 0 Å². The van der Waals surface area contributed by atoms with E-state index in [2.05, 4.69) is 19.6 Å². The van der Waals surface area contributed by atoms with Gasteiger partial charge in [0.15, 0.2) is 0 Å². The van der Waals surface area contributed by atoms with Gasteiger partial charge in [-0.3, -0.25) is 4.79 Å². The molecule has 0 aromatic heterocycles. The molecule has 0 aromatic carbocycles. The van der Waals surface area contributed by atoms with Crippen LogP contribution >= 0.6 is 0 Å². The Bertz CT molecular complexity index is 549. The number of carbonyl (C=O) groups excluding carboxylic acids is 2. The van der Waals surface area contributed by atoms with Gasteiger partial charge in [-0.25, -0.2) is 4.79 Å². The van der Waals surface area contributed by atoms with Crippen LogP contribution in [0, 0.1) is 5.92 Å². The van der Waals surface area contributed by atoms with Crippen molar-refractivity contribution in [3.8, 4) is 0 Å². The van der Waals surface area contributed by atoms with Crippen molar-refractivity contribution in [2.45, 2.75) is 57.3 Å². The maximum atomic E-state index is 11.8. The maximum absolute atomic E-state index is 11.8. The molecule has 0 unspecified atom stereocenters. The van der Waals surface area contributed by atoms with Gasteiger partial charge in [-0.1, -0.05) is 12.7 Å². The van der Waals surface area contributed by atoms with Crippen molar-refractivity contribution in [1.29, 1.82) is 0 Å². The first-order chi connectivity index (χ1) is 10.4. The first-order valence-electron chi connectivity index (χ1n) is 7.78. The topological polar surface area (TPSA) is 65.1 Å². The van der Waals surface area contributed by atoms with E-state index in [1.54, 1.807) is 0 Å². The third-order valence-electron chi connectivity index (χ3n) is 4.92. The summed E-state index contributed by atoms with van der Waals surface area (Å²) in [4.78, 5) is 22.9. The normalized spacial score (nSPS) is 39.9. The highest BCUT2D eigenvalue weighted by Crippen LogP contribution is 2.48. The minimum absolute atomic E-state index is 0.0156. The summed E-state index contributed by atoms with van der Waals surface area (Å²) in [5.74, 6) is -0.637. The fraction of sp³-hybridized carbons (Fsp3) is 0.647. The van der Waals surface area contributed by atoms with Crippen molar-refractivity contribution in [3.63, 3.8) is 0 Å². The minimum Gasteiger partial charge on any atom is -0.461 e. The smallest absolute Gasteiger partial charge is 0.334 e. The second-order valence-electron chi connectivity index (χ2n) is 6.62. The molecule has 3 aliphatic rings. The summed E-state index contributed by atoms with van der Waals surface area (Å²) in [5.41, 5.74) is 1.42. The van der Waals surface area contributed by atoms with Crippen LogP contribution in [0.2, 0.25) is 0 Å². The maximum Gasteiger partial charge on any atom is 0.334 e. The van der Waals surface area contributed by atoms with E-state index >= 15 is 0 Å². The summed E-state index contributed by atoms with van der Waals surface area (Å²) in [6, 6.07) is 0. The Morgan fingerprint density at radius 3 is 3.05 bits per heavy atom. The van der Waals surface area contributed by atoms with Crippen LogP contribution in [-0.2, 0) is 23.8 Å². The molecule has 5 nitrogen and oxygen atoms in total. The average molecular weight is 306 g/mol. The van der Waals surface area contributed by atoms with Crippen molar-refractivity contribution < 1.29 is 23.8 Å². The molecule has 0 N–H and O–H groups in total. The van der Waals surface area contributed by atoms with Gasteiger partial charge in [0.2, 0.25) is 0 Å². The van der Waals surface area contributed by atoms with Crippen LogP contribution in [0.5, 0.6) is 0 Å². The van der Waals surface area contributed by atoms with E-state index in [4.69, 9.17) is 14.2 Å². The SMILES string of the molecule is C=C1C(=O)O[C@H]2C/C(COC(C)=O)=C\CC[C@@]3(C)O[C@H]3C[C@H]12. The molecule has 2 saturated heterocycles. The number of rotatable bonds is 2. The molecule has 1 aliphatic carbocycles. The van der Waals surface area contributed by atoms with Crippen LogP contribution in [0.3, 0.4) is 0 Å². The highest BCUT2D eigenvalue weighted by Gasteiger charge is 2.54. The molecule has 0 bridgehead atoms. The van der Waals surface area contributed by atoms with Gasteiger partial charge >= 0.3 is 11.9 Å². The van der Waals surface area contributed by atoms with Crippen molar-refractivity contribution in [3.05, 3.63) is 23.8 Å². The van der Waals surface area contributed by atoms with Gasteiger partial charge in [-0.2, -0.15) is 0 Å². The number of hydrogen-bond acceptors (Lipinski definition) is 5. The Morgan fingerprint density at radius 2 is 2.32 bits per heavy atom. The van der Waals surface area contributed by atoms with Crippen molar-refractivity contribution >= 4 is 11.9 Å². The Balaban J connectivity index is 1.79. The van der Waals surface area contributed by atoms with Crippen LogP contribution in [0.1, 0.15) is 39.5 Å². The van der Waals surface area contributed by atoms with Gasteiger partial charge < -0.3 is 14.2 Å². The largest absolute Gasteiger partial charge is 0.461 e. The molecule has 0 saturated carbocycles. The highest BCUT2D eigenvalue weighted by atomic mass is 16.6. The highest BCUT2D eigenvalue weighted by molar-refractivity contribution is 5.90. The Morgan fingerprint density at radius 1 is 1.55 bits per heavy atom. The third kappa shape index (κ3) is 2.95. The fourth-order valence-corrected chi connectivity index (χ4v) is 3.40. The molecule has 5 heteroatoms. The van der Waals surface area contributed by atoms with Crippen LogP contribution in [-0.4, -0.2) is 36.4 Å². The lowest BCUT2D eigenvalue weighted by Crippen LogP contribution is -2.23. The van der Waals surface area contributed by atoms with E-state index in [1.807, 2.05) is 0 Å². The number of carbonyl (C=O) groups is 2. The molecule has 22 heavy (non-hydrogen) atoms. The molecule has 0 spiro atoms. The number of allylic oxidation sites excluding steroid dienone is 1. The van der Waals surface area contributed by atoms with Gasteiger partial charge in [0.05, 0.1) is 11.7 Å². The van der Waals surface area contributed by atoms with E-state index in [0.29, 0.717) is 12.0 Å². The molecule has 0 amide bonds. The summed E-state index contributed by atoms with van der Waals surface area (Å²) in [7, 11) is 0. The number of hydrogen-bond donors (Lipinski definition) is 0. The molecular formula is C17H22O5. The van der Waals surface area contributed by atoms with E-state index in [0.717, 1.165) is 24.8 Å². The Hall–Kier alpha value is -1.62. The monoisotopic (exact) mass is 306 g/mol. The predicted molar refractivity (Wildman–Crippen MR) is 79.0 cm³/mol. The molecule has 4 atom stereocenters. The average Bonchev–Trinajstić information content (AvgIpc) is 3.02. The first kappa shape index (κ1) is 15.3. The molecule has 120 valence electrons. The lowest BCUT2D eigenvalue weighted by molar-refractivity contribution is -0.141. The fourth-order valence-electron chi connectivity index (χ4n) is 3.40. The van der Waals surface area contributed by atoms with E-state index in [9.17, 15) is 9.59 Å². The molecule has 3 rings (SSSR count). The molecule has 0 radical (unpaired) electrons. The summed E-state index contributed by atoms with van der Waals surface area (Å²) < 4.78 is 16.4. The number of epoxide rings is 1.